The van der Waals surface area contributed by atoms with Crippen molar-refractivity contribution < 1.29 is 23.9 Å². The minimum Gasteiger partial charge on any atom is -0.479 e. The topological polar surface area (TPSA) is 84.9 Å². The molecule has 0 aliphatic heterocycles. The average molecular weight is 364 g/mol. The Morgan fingerprint density at radius 1 is 1.15 bits per heavy atom. The molecule has 0 saturated heterocycles. The summed E-state index contributed by atoms with van der Waals surface area (Å²) in [6.45, 7) is 7.35. The van der Waals surface area contributed by atoms with Gasteiger partial charge in [0.05, 0.1) is 6.54 Å². The van der Waals surface area contributed by atoms with Crippen molar-refractivity contribution in [2.45, 2.75) is 39.2 Å². The number of benzene rings is 1. The van der Waals surface area contributed by atoms with Gasteiger partial charge in [0.2, 0.25) is 5.91 Å². The van der Waals surface area contributed by atoms with E-state index in [0.717, 1.165) is 5.56 Å². The van der Waals surface area contributed by atoms with Crippen molar-refractivity contribution in [3.63, 3.8) is 0 Å². The number of likely N-dealkylation sites (N-methyl/N-ethyl adjacent to an activating group) is 2. The lowest BCUT2D eigenvalue weighted by molar-refractivity contribution is -0.157. The standard InChI is InChI=1S/C19H28N2O5/c1-13(26-15-9-7-14(8-10-15)19(2,3)4)18(24)25-12-17(23)21(6)11-16(22)20-5/h7-10,13H,11-12H2,1-6H3,(H,20,22)/t13-/m0/s1. The number of amides is 2. The van der Waals surface area contributed by atoms with E-state index in [2.05, 4.69) is 26.1 Å². The molecule has 0 saturated carbocycles. The molecule has 0 aliphatic rings. The highest BCUT2D eigenvalue weighted by atomic mass is 16.6. The van der Waals surface area contributed by atoms with E-state index in [1.54, 1.807) is 19.1 Å². The summed E-state index contributed by atoms with van der Waals surface area (Å²) in [4.78, 5) is 36.2. The molecule has 1 atom stereocenters. The van der Waals surface area contributed by atoms with E-state index < -0.39 is 24.6 Å². The Labute approximate surface area is 154 Å². The van der Waals surface area contributed by atoms with Crippen LogP contribution in [0.4, 0.5) is 0 Å². The van der Waals surface area contributed by atoms with E-state index in [0.29, 0.717) is 5.75 Å². The molecule has 7 nitrogen and oxygen atoms in total. The van der Waals surface area contributed by atoms with Crippen molar-refractivity contribution in [2.75, 3.05) is 27.2 Å². The van der Waals surface area contributed by atoms with Crippen molar-refractivity contribution >= 4 is 17.8 Å². The van der Waals surface area contributed by atoms with Crippen LogP contribution in [0.15, 0.2) is 24.3 Å². The third-order valence-corrected chi connectivity index (χ3v) is 3.79. The molecule has 26 heavy (non-hydrogen) atoms. The van der Waals surface area contributed by atoms with Crippen LogP contribution in [0.2, 0.25) is 0 Å². The molecule has 1 aromatic rings. The van der Waals surface area contributed by atoms with Gasteiger partial charge in [-0.05, 0) is 30.0 Å². The number of esters is 1. The number of hydrogen-bond acceptors (Lipinski definition) is 5. The molecule has 2 amide bonds. The molecule has 0 bridgehead atoms. The second-order valence-corrected chi connectivity index (χ2v) is 7.07. The summed E-state index contributed by atoms with van der Waals surface area (Å²) in [5.41, 5.74) is 1.19. The van der Waals surface area contributed by atoms with Crippen LogP contribution in [-0.4, -0.2) is 56.0 Å². The van der Waals surface area contributed by atoms with Crippen molar-refractivity contribution in [1.29, 1.82) is 0 Å². The van der Waals surface area contributed by atoms with Crippen LogP contribution < -0.4 is 10.1 Å². The predicted octanol–water partition coefficient (Wildman–Crippen LogP) is 1.50. The molecule has 144 valence electrons. The zero-order valence-electron chi connectivity index (χ0n) is 16.3. The second-order valence-electron chi connectivity index (χ2n) is 7.07. The Bertz CT molecular complexity index is 634. The first-order chi connectivity index (χ1) is 12.0. The first-order valence-corrected chi connectivity index (χ1v) is 8.43. The van der Waals surface area contributed by atoms with Gasteiger partial charge in [-0.1, -0.05) is 32.9 Å². The van der Waals surface area contributed by atoms with Crippen molar-refractivity contribution in [1.82, 2.24) is 10.2 Å². The number of carbonyl (C=O) groups excluding carboxylic acids is 3. The Kier molecular flexibility index (Phi) is 7.61. The fourth-order valence-corrected chi connectivity index (χ4v) is 2.03. The average Bonchev–Trinajstić information content (AvgIpc) is 2.58. The maximum Gasteiger partial charge on any atom is 0.347 e. The van der Waals surface area contributed by atoms with E-state index in [4.69, 9.17) is 9.47 Å². The summed E-state index contributed by atoms with van der Waals surface area (Å²) in [5, 5.41) is 2.41. The highest BCUT2D eigenvalue weighted by Crippen LogP contribution is 2.24. The summed E-state index contributed by atoms with van der Waals surface area (Å²) in [6.07, 6.45) is -0.854. The SMILES string of the molecule is CNC(=O)CN(C)C(=O)COC(=O)[C@H](C)Oc1ccc(C(C)(C)C)cc1. The number of ether oxygens (including phenoxy) is 2. The van der Waals surface area contributed by atoms with Gasteiger partial charge in [0.15, 0.2) is 12.7 Å². The van der Waals surface area contributed by atoms with Gasteiger partial charge < -0.3 is 19.7 Å². The minimum atomic E-state index is -0.854. The molecule has 1 rings (SSSR count). The van der Waals surface area contributed by atoms with Crippen LogP contribution in [0.5, 0.6) is 5.75 Å². The lowest BCUT2D eigenvalue weighted by Gasteiger charge is -2.20. The van der Waals surface area contributed by atoms with Crippen molar-refractivity contribution in [3.05, 3.63) is 29.8 Å². The van der Waals surface area contributed by atoms with Crippen LogP contribution in [0.1, 0.15) is 33.3 Å². The van der Waals surface area contributed by atoms with Crippen molar-refractivity contribution in [2.24, 2.45) is 0 Å². The first-order valence-electron chi connectivity index (χ1n) is 8.43. The summed E-state index contributed by atoms with van der Waals surface area (Å²) in [6, 6.07) is 7.49. The third-order valence-electron chi connectivity index (χ3n) is 3.79. The molecular formula is C19H28N2O5. The predicted molar refractivity (Wildman–Crippen MR) is 97.9 cm³/mol. The van der Waals surface area contributed by atoms with E-state index in [1.165, 1.54) is 19.0 Å². The van der Waals surface area contributed by atoms with Gasteiger partial charge in [0.1, 0.15) is 5.75 Å². The maximum atomic E-state index is 12.0. The van der Waals surface area contributed by atoms with E-state index >= 15 is 0 Å². The summed E-state index contributed by atoms with van der Waals surface area (Å²) < 4.78 is 10.5. The number of carbonyl (C=O) groups is 3. The first kappa shape index (κ1) is 21.5. The third kappa shape index (κ3) is 6.74. The Balaban J connectivity index is 2.50. The van der Waals surface area contributed by atoms with E-state index in [1.807, 2.05) is 12.1 Å². The van der Waals surface area contributed by atoms with Gasteiger partial charge in [0.25, 0.3) is 5.91 Å². The smallest absolute Gasteiger partial charge is 0.347 e. The lowest BCUT2D eigenvalue weighted by atomic mass is 9.87. The molecule has 1 N–H and O–H groups in total. The molecule has 0 aliphatic carbocycles. The number of hydrogen-bond donors (Lipinski definition) is 1. The van der Waals surface area contributed by atoms with Gasteiger partial charge in [-0.2, -0.15) is 0 Å². The maximum absolute atomic E-state index is 12.0. The van der Waals surface area contributed by atoms with Crippen LogP contribution in [0, 0.1) is 0 Å². The summed E-state index contributed by atoms with van der Waals surface area (Å²) >= 11 is 0. The normalized spacial score (nSPS) is 12.1. The highest BCUT2D eigenvalue weighted by molar-refractivity contribution is 5.86. The van der Waals surface area contributed by atoms with Gasteiger partial charge in [-0.15, -0.1) is 0 Å². The molecule has 0 heterocycles. The summed E-state index contributed by atoms with van der Waals surface area (Å²) in [5.74, 6) is -0.872. The largest absolute Gasteiger partial charge is 0.479 e. The Hall–Kier alpha value is -2.57. The molecule has 0 spiro atoms. The highest BCUT2D eigenvalue weighted by Gasteiger charge is 2.20. The summed E-state index contributed by atoms with van der Waals surface area (Å²) in [7, 11) is 2.94. The molecule has 0 aromatic heterocycles. The fourth-order valence-electron chi connectivity index (χ4n) is 2.03. The zero-order chi connectivity index (χ0) is 19.9. The molecule has 0 unspecified atom stereocenters. The quantitative estimate of drug-likeness (QED) is 0.741. The Morgan fingerprint density at radius 2 is 1.73 bits per heavy atom. The molecule has 0 radical (unpaired) electrons. The van der Waals surface area contributed by atoms with E-state index in [9.17, 15) is 14.4 Å². The number of rotatable bonds is 7. The van der Waals surface area contributed by atoms with Crippen LogP contribution >= 0.6 is 0 Å². The van der Waals surface area contributed by atoms with Gasteiger partial charge in [-0.25, -0.2) is 4.79 Å². The minimum absolute atomic E-state index is 0.0319. The van der Waals surface area contributed by atoms with E-state index in [-0.39, 0.29) is 17.9 Å². The fraction of sp³-hybridized carbons (Fsp3) is 0.526. The van der Waals surface area contributed by atoms with Gasteiger partial charge >= 0.3 is 5.97 Å². The monoisotopic (exact) mass is 364 g/mol. The Morgan fingerprint density at radius 3 is 2.23 bits per heavy atom. The number of nitrogens with one attached hydrogen (secondary N) is 1. The van der Waals surface area contributed by atoms with Crippen LogP contribution in [0.3, 0.4) is 0 Å². The molecule has 0 fully saturated rings. The number of nitrogens with zero attached hydrogens (tertiary/aromatic N) is 1. The van der Waals surface area contributed by atoms with Crippen LogP contribution in [-0.2, 0) is 24.5 Å². The van der Waals surface area contributed by atoms with Gasteiger partial charge in [-0.3, -0.25) is 9.59 Å². The van der Waals surface area contributed by atoms with Gasteiger partial charge in [0, 0.05) is 14.1 Å². The second kappa shape index (κ2) is 9.22. The molecular weight excluding hydrogens is 336 g/mol. The molecule has 7 heteroatoms. The zero-order valence-corrected chi connectivity index (χ0v) is 16.3. The molecule has 1 aromatic carbocycles. The van der Waals surface area contributed by atoms with Crippen molar-refractivity contribution in [3.8, 4) is 5.75 Å². The van der Waals surface area contributed by atoms with Crippen LogP contribution in [0.25, 0.3) is 0 Å². The lowest BCUT2D eigenvalue weighted by Crippen LogP contribution is -2.39.